The van der Waals surface area contributed by atoms with Crippen molar-refractivity contribution in [2.75, 3.05) is 5.32 Å². The summed E-state index contributed by atoms with van der Waals surface area (Å²) in [7, 11) is 0. The third kappa shape index (κ3) is 3.87. The van der Waals surface area contributed by atoms with Crippen molar-refractivity contribution < 1.29 is 9.90 Å². The highest BCUT2D eigenvalue weighted by atomic mass is 16.3. The number of para-hydroxylation sites is 1. The average Bonchev–Trinajstić information content (AvgIpc) is 2.58. The maximum atomic E-state index is 12.3. The lowest BCUT2D eigenvalue weighted by molar-refractivity contribution is 0.0955. The van der Waals surface area contributed by atoms with Gasteiger partial charge in [0.15, 0.2) is 0 Å². The van der Waals surface area contributed by atoms with E-state index >= 15 is 0 Å². The third-order valence-electron chi connectivity index (χ3n) is 4.21. The second-order valence-corrected chi connectivity index (χ2v) is 5.84. The number of anilines is 1. The van der Waals surface area contributed by atoms with Crippen LogP contribution in [0, 0.1) is 0 Å². The van der Waals surface area contributed by atoms with Crippen LogP contribution in [-0.2, 0) is 0 Å². The molecule has 0 radical (unpaired) electrons. The molecular weight excluding hydrogens is 290 g/mol. The van der Waals surface area contributed by atoms with E-state index in [4.69, 9.17) is 0 Å². The Hall–Kier alpha value is -2.40. The lowest BCUT2D eigenvalue weighted by Crippen LogP contribution is -2.46. The lowest BCUT2D eigenvalue weighted by Gasteiger charge is -2.28. The second-order valence-electron chi connectivity index (χ2n) is 5.84. The maximum Gasteiger partial charge on any atom is 0.319 e. The molecule has 0 unspecified atom stereocenters. The molecule has 2 aromatic rings. The predicted molar refractivity (Wildman–Crippen MR) is 90.1 cm³/mol. The monoisotopic (exact) mass is 311 g/mol. The molecule has 3 N–H and O–H groups in total. The van der Waals surface area contributed by atoms with Crippen LogP contribution in [-0.4, -0.2) is 28.3 Å². The number of hydrogen-bond acceptors (Lipinski definition) is 3. The minimum Gasteiger partial charge on any atom is -0.391 e. The quantitative estimate of drug-likeness (QED) is 0.815. The van der Waals surface area contributed by atoms with Crippen molar-refractivity contribution in [3.8, 4) is 11.1 Å². The number of aromatic nitrogens is 1. The number of nitrogens with zero attached hydrogens (tertiary/aromatic N) is 1. The molecule has 0 aliphatic heterocycles. The summed E-state index contributed by atoms with van der Waals surface area (Å²) in [6, 6.07) is 11.0. The SMILES string of the molecule is O=C(Nc1ccccc1-c1ccncc1)N[C@H]1CCCC[C@@H]1O. The molecule has 1 aliphatic rings. The molecule has 2 amide bonds. The van der Waals surface area contributed by atoms with Gasteiger partial charge in [-0.15, -0.1) is 0 Å². The molecule has 1 aliphatic carbocycles. The molecule has 0 saturated heterocycles. The summed E-state index contributed by atoms with van der Waals surface area (Å²) in [6.45, 7) is 0. The minimum absolute atomic E-state index is 0.170. The van der Waals surface area contributed by atoms with Gasteiger partial charge in [-0.25, -0.2) is 4.79 Å². The fourth-order valence-electron chi connectivity index (χ4n) is 2.98. The second kappa shape index (κ2) is 7.24. The van der Waals surface area contributed by atoms with E-state index in [9.17, 15) is 9.90 Å². The average molecular weight is 311 g/mol. The molecular formula is C18H21N3O2. The molecule has 5 nitrogen and oxygen atoms in total. The Morgan fingerprint density at radius 2 is 1.83 bits per heavy atom. The number of nitrogens with one attached hydrogen (secondary N) is 2. The molecule has 0 bridgehead atoms. The van der Waals surface area contributed by atoms with E-state index in [1.54, 1.807) is 12.4 Å². The van der Waals surface area contributed by atoms with Crippen LogP contribution in [0.5, 0.6) is 0 Å². The maximum absolute atomic E-state index is 12.3. The summed E-state index contributed by atoms with van der Waals surface area (Å²) >= 11 is 0. The number of hydrogen-bond donors (Lipinski definition) is 3. The Morgan fingerprint density at radius 1 is 1.09 bits per heavy atom. The molecule has 5 heteroatoms. The van der Waals surface area contributed by atoms with Gasteiger partial charge in [-0.2, -0.15) is 0 Å². The van der Waals surface area contributed by atoms with Crippen molar-refractivity contribution in [1.29, 1.82) is 0 Å². The standard InChI is InChI=1S/C18H21N3O2/c22-17-8-4-3-7-16(17)21-18(23)20-15-6-2-1-5-14(15)13-9-11-19-12-10-13/h1-2,5-6,9-12,16-17,22H,3-4,7-8H2,(H2,20,21,23)/t16-,17-/m0/s1. The molecule has 120 valence electrons. The first kappa shape index (κ1) is 15.5. The summed E-state index contributed by atoms with van der Waals surface area (Å²) < 4.78 is 0. The molecule has 2 atom stereocenters. The fourth-order valence-corrected chi connectivity index (χ4v) is 2.98. The Balaban J connectivity index is 1.72. The number of rotatable bonds is 3. The van der Waals surface area contributed by atoms with E-state index in [1.165, 1.54) is 0 Å². The van der Waals surface area contributed by atoms with Crippen LogP contribution in [0.15, 0.2) is 48.8 Å². The van der Waals surface area contributed by atoms with E-state index in [2.05, 4.69) is 15.6 Å². The van der Waals surface area contributed by atoms with Gasteiger partial charge in [0.1, 0.15) is 0 Å². The Kier molecular flexibility index (Phi) is 4.88. The summed E-state index contributed by atoms with van der Waals surface area (Å²) in [6.07, 6.45) is 6.63. The normalized spacial score (nSPS) is 20.7. The Morgan fingerprint density at radius 3 is 2.61 bits per heavy atom. The molecule has 23 heavy (non-hydrogen) atoms. The van der Waals surface area contributed by atoms with E-state index in [0.29, 0.717) is 0 Å². The molecule has 1 saturated carbocycles. The Labute approximate surface area is 135 Å². The summed E-state index contributed by atoms with van der Waals surface area (Å²) in [5.41, 5.74) is 2.67. The van der Waals surface area contributed by atoms with Gasteiger partial charge in [0, 0.05) is 18.0 Å². The number of pyridine rings is 1. The molecule has 0 spiro atoms. The topological polar surface area (TPSA) is 74.2 Å². The molecule has 3 rings (SSSR count). The zero-order valence-electron chi connectivity index (χ0n) is 12.9. The smallest absolute Gasteiger partial charge is 0.319 e. The van der Waals surface area contributed by atoms with Crippen LogP contribution in [0.1, 0.15) is 25.7 Å². The van der Waals surface area contributed by atoms with Gasteiger partial charge in [0.05, 0.1) is 17.8 Å². The Bertz CT molecular complexity index is 660. The van der Waals surface area contributed by atoms with Gasteiger partial charge in [0.2, 0.25) is 0 Å². The van der Waals surface area contributed by atoms with Crippen molar-refractivity contribution in [2.24, 2.45) is 0 Å². The van der Waals surface area contributed by atoms with Gasteiger partial charge < -0.3 is 15.7 Å². The van der Waals surface area contributed by atoms with Crippen molar-refractivity contribution in [3.05, 3.63) is 48.8 Å². The summed E-state index contributed by atoms with van der Waals surface area (Å²) in [5.74, 6) is 0. The number of benzene rings is 1. The van der Waals surface area contributed by atoms with Gasteiger partial charge in [-0.3, -0.25) is 4.98 Å². The molecule has 1 fully saturated rings. The number of amides is 2. The van der Waals surface area contributed by atoms with E-state index < -0.39 is 6.10 Å². The number of urea groups is 1. The van der Waals surface area contributed by atoms with Gasteiger partial charge in [-0.05, 0) is 36.6 Å². The van der Waals surface area contributed by atoms with Gasteiger partial charge >= 0.3 is 6.03 Å². The molecule has 1 heterocycles. The first-order chi connectivity index (χ1) is 11.2. The highest BCUT2D eigenvalue weighted by molar-refractivity contribution is 5.94. The van der Waals surface area contributed by atoms with Crippen molar-refractivity contribution in [3.63, 3.8) is 0 Å². The lowest BCUT2D eigenvalue weighted by atomic mass is 9.93. The first-order valence-corrected chi connectivity index (χ1v) is 7.99. The number of carbonyl (C=O) groups is 1. The summed E-state index contributed by atoms with van der Waals surface area (Å²) in [5, 5.41) is 15.7. The largest absolute Gasteiger partial charge is 0.391 e. The van der Waals surface area contributed by atoms with E-state index in [-0.39, 0.29) is 12.1 Å². The van der Waals surface area contributed by atoms with Gasteiger partial charge in [-0.1, -0.05) is 31.0 Å². The van der Waals surface area contributed by atoms with Crippen LogP contribution < -0.4 is 10.6 Å². The fraction of sp³-hybridized carbons (Fsp3) is 0.333. The van der Waals surface area contributed by atoms with Gasteiger partial charge in [0.25, 0.3) is 0 Å². The number of aliphatic hydroxyl groups is 1. The minimum atomic E-state index is -0.454. The van der Waals surface area contributed by atoms with Crippen LogP contribution in [0.4, 0.5) is 10.5 Å². The van der Waals surface area contributed by atoms with E-state index in [1.807, 2.05) is 36.4 Å². The third-order valence-corrected chi connectivity index (χ3v) is 4.21. The summed E-state index contributed by atoms with van der Waals surface area (Å²) in [4.78, 5) is 16.3. The first-order valence-electron chi connectivity index (χ1n) is 7.99. The van der Waals surface area contributed by atoms with Crippen LogP contribution in [0.2, 0.25) is 0 Å². The number of carbonyl (C=O) groups excluding carboxylic acids is 1. The molecule has 1 aromatic carbocycles. The molecule has 1 aromatic heterocycles. The van der Waals surface area contributed by atoms with Crippen LogP contribution in [0.25, 0.3) is 11.1 Å². The predicted octanol–water partition coefficient (Wildman–Crippen LogP) is 3.17. The van der Waals surface area contributed by atoms with Crippen LogP contribution >= 0.6 is 0 Å². The van der Waals surface area contributed by atoms with Crippen molar-refractivity contribution >= 4 is 11.7 Å². The zero-order chi connectivity index (χ0) is 16.1. The van der Waals surface area contributed by atoms with E-state index in [0.717, 1.165) is 42.5 Å². The van der Waals surface area contributed by atoms with Crippen molar-refractivity contribution in [2.45, 2.75) is 37.8 Å². The highest BCUT2D eigenvalue weighted by Crippen LogP contribution is 2.27. The van der Waals surface area contributed by atoms with Crippen molar-refractivity contribution in [1.82, 2.24) is 10.3 Å². The van der Waals surface area contributed by atoms with Crippen LogP contribution in [0.3, 0.4) is 0 Å². The zero-order valence-corrected chi connectivity index (χ0v) is 12.9. The number of aliphatic hydroxyl groups excluding tert-OH is 1. The highest BCUT2D eigenvalue weighted by Gasteiger charge is 2.24.